The van der Waals surface area contributed by atoms with Gasteiger partial charge in [-0.15, -0.1) is 6.42 Å². The van der Waals surface area contributed by atoms with E-state index in [0.717, 1.165) is 0 Å². The minimum absolute atomic E-state index is 0.130. The molecule has 0 spiro atoms. The SMILES string of the molecule is C#CCNC(C)(C(=O)OCC)c1ccc(Br)cc1F. The van der Waals surface area contributed by atoms with E-state index in [-0.39, 0.29) is 18.7 Å². The van der Waals surface area contributed by atoms with Gasteiger partial charge in [0.2, 0.25) is 0 Å². The Kier molecular flexibility index (Phi) is 5.52. The van der Waals surface area contributed by atoms with E-state index >= 15 is 0 Å². The van der Waals surface area contributed by atoms with Crippen molar-refractivity contribution >= 4 is 21.9 Å². The predicted octanol–water partition coefficient (Wildman–Crippen LogP) is 2.59. The molecule has 0 amide bonds. The van der Waals surface area contributed by atoms with Gasteiger partial charge in [-0.25, -0.2) is 9.18 Å². The molecular formula is C14H15BrFNO2. The molecular weight excluding hydrogens is 313 g/mol. The number of carbonyl (C=O) groups is 1. The van der Waals surface area contributed by atoms with Gasteiger partial charge < -0.3 is 4.74 Å². The molecule has 0 heterocycles. The number of terminal acetylenes is 1. The third-order valence-corrected chi connectivity index (χ3v) is 3.19. The minimum atomic E-state index is -1.31. The molecule has 0 aliphatic heterocycles. The minimum Gasteiger partial charge on any atom is -0.464 e. The molecule has 0 saturated heterocycles. The first kappa shape index (κ1) is 15.7. The van der Waals surface area contributed by atoms with E-state index in [2.05, 4.69) is 27.2 Å². The van der Waals surface area contributed by atoms with Gasteiger partial charge in [-0.1, -0.05) is 27.9 Å². The van der Waals surface area contributed by atoms with Crippen molar-refractivity contribution in [1.82, 2.24) is 5.32 Å². The number of nitrogens with one attached hydrogen (secondary N) is 1. The Morgan fingerprint density at radius 2 is 2.32 bits per heavy atom. The van der Waals surface area contributed by atoms with E-state index in [4.69, 9.17) is 11.2 Å². The highest BCUT2D eigenvalue weighted by atomic mass is 79.9. The highest BCUT2D eigenvalue weighted by Crippen LogP contribution is 2.27. The molecule has 1 atom stereocenters. The number of hydrogen-bond donors (Lipinski definition) is 1. The lowest BCUT2D eigenvalue weighted by atomic mass is 9.91. The molecule has 1 unspecified atom stereocenters. The highest BCUT2D eigenvalue weighted by Gasteiger charge is 2.38. The van der Waals surface area contributed by atoms with Crippen LogP contribution in [0.3, 0.4) is 0 Å². The molecule has 0 bridgehead atoms. The normalized spacial score (nSPS) is 13.4. The lowest BCUT2D eigenvalue weighted by molar-refractivity contribution is -0.151. The number of benzene rings is 1. The monoisotopic (exact) mass is 327 g/mol. The van der Waals surface area contributed by atoms with Gasteiger partial charge in [-0.2, -0.15) is 0 Å². The largest absolute Gasteiger partial charge is 0.464 e. The van der Waals surface area contributed by atoms with Gasteiger partial charge in [-0.3, -0.25) is 5.32 Å². The fourth-order valence-corrected chi connectivity index (χ4v) is 2.01. The van der Waals surface area contributed by atoms with E-state index < -0.39 is 17.3 Å². The average Bonchev–Trinajstić information content (AvgIpc) is 2.36. The lowest BCUT2D eigenvalue weighted by Crippen LogP contribution is -2.48. The Morgan fingerprint density at radius 1 is 1.63 bits per heavy atom. The fourth-order valence-electron chi connectivity index (χ4n) is 1.68. The van der Waals surface area contributed by atoms with Crippen LogP contribution in [0, 0.1) is 18.2 Å². The first-order valence-electron chi connectivity index (χ1n) is 5.77. The highest BCUT2D eigenvalue weighted by molar-refractivity contribution is 9.10. The van der Waals surface area contributed by atoms with Gasteiger partial charge >= 0.3 is 5.97 Å². The van der Waals surface area contributed by atoms with Gasteiger partial charge in [0.25, 0.3) is 0 Å². The molecule has 1 aromatic rings. The molecule has 0 aliphatic rings. The number of esters is 1. The predicted molar refractivity (Wildman–Crippen MR) is 74.9 cm³/mol. The van der Waals surface area contributed by atoms with Crippen molar-refractivity contribution in [3.05, 3.63) is 34.1 Å². The van der Waals surface area contributed by atoms with Crippen LogP contribution in [0.4, 0.5) is 4.39 Å². The van der Waals surface area contributed by atoms with Gasteiger partial charge in [-0.05, 0) is 26.0 Å². The van der Waals surface area contributed by atoms with E-state index in [0.29, 0.717) is 4.47 Å². The second-order valence-electron chi connectivity index (χ2n) is 4.03. The Hall–Kier alpha value is -1.38. The number of rotatable bonds is 5. The summed E-state index contributed by atoms with van der Waals surface area (Å²) in [4.78, 5) is 12.1. The van der Waals surface area contributed by atoms with Crippen molar-refractivity contribution in [2.24, 2.45) is 0 Å². The molecule has 5 heteroatoms. The van der Waals surface area contributed by atoms with Crippen molar-refractivity contribution in [1.29, 1.82) is 0 Å². The third-order valence-electron chi connectivity index (χ3n) is 2.70. The topological polar surface area (TPSA) is 38.3 Å². The van der Waals surface area contributed by atoms with Crippen LogP contribution in [0.5, 0.6) is 0 Å². The number of ether oxygens (including phenoxy) is 1. The van der Waals surface area contributed by atoms with Crippen molar-refractivity contribution in [2.75, 3.05) is 13.2 Å². The maximum atomic E-state index is 14.0. The molecule has 1 N–H and O–H groups in total. The summed E-state index contributed by atoms with van der Waals surface area (Å²) in [5.41, 5.74) is -1.11. The first-order chi connectivity index (χ1) is 8.95. The van der Waals surface area contributed by atoms with E-state index in [9.17, 15) is 9.18 Å². The van der Waals surface area contributed by atoms with Crippen molar-refractivity contribution in [3.8, 4) is 12.3 Å². The van der Waals surface area contributed by atoms with Crippen LogP contribution in [0.1, 0.15) is 19.4 Å². The van der Waals surface area contributed by atoms with Crippen LogP contribution >= 0.6 is 15.9 Å². The van der Waals surface area contributed by atoms with E-state index in [1.54, 1.807) is 19.9 Å². The van der Waals surface area contributed by atoms with Crippen molar-refractivity contribution < 1.29 is 13.9 Å². The summed E-state index contributed by atoms with van der Waals surface area (Å²) in [7, 11) is 0. The molecule has 1 rings (SSSR count). The smallest absolute Gasteiger partial charge is 0.330 e. The summed E-state index contributed by atoms with van der Waals surface area (Å²) in [6.45, 7) is 3.58. The molecule has 0 saturated carbocycles. The van der Waals surface area contributed by atoms with Crippen LogP contribution in [0.25, 0.3) is 0 Å². The molecule has 102 valence electrons. The summed E-state index contributed by atoms with van der Waals surface area (Å²) in [5.74, 6) is 1.30. The second-order valence-corrected chi connectivity index (χ2v) is 4.94. The summed E-state index contributed by atoms with van der Waals surface area (Å²) >= 11 is 3.17. The zero-order chi connectivity index (χ0) is 14.5. The van der Waals surface area contributed by atoms with Crippen LogP contribution in [0.15, 0.2) is 22.7 Å². The molecule has 19 heavy (non-hydrogen) atoms. The molecule has 1 aromatic carbocycles. The Labute approximate surface area is 120 Å². The van der Waals surface area contributed by atoms with Gasteiger partial charge in [0.1, 0.15) is 11.4 Å². The molecule has 0 aromatic heterocycles. The first-order valence-corrected chi connectivity index (χ1v) is 6.56. The Balaban J connectivity index is 3.22. The summed E-state index contributed by atoms with van der Waals surface area (Å²) in [5, 5.41) is 2.84. The molecule has 3 nitrogen and oxygen atoms in total. The van der Waals surface area contributed by atoms with Gasteiger partial charge in [0, 0.05) is 10.0 Å². The molecule has 0 aliphatic carbocycles. The maximum absolute atomic E-state index is 14.0. The quantitative estimate of drug-likeness (QED) is 0.667. The number of carbonyl (C=O) groups excluding carboxylic acids is 1. The van der Waals surface area contributed by atoms with Crippen LogP contribution in [-0.4, -0.2) is 19.1 Å². The molecule has 0 fully saturated rings. The van der Waals surface area contributed by atoms with Crippen LogP contribution < -0.4 is 5.32 Å². The van der Waals surface area contributed by atoms with E-state index in [1.807, 2.05) is 0 Å². The number of hydrogen-bond acceptors (Lipinski definition) is 3. The second kappa shape index (κ2) is 6.69. The zero-order valence-corrected chi connectivity index (χ0v) is 12.4. The summed E-state index contributed by atoms with van der Waals surface area (Å²) in [6.07, 6.45) is 5.18. The van der Waals surface area contributed by atoms with Gasteiger partial charge in [0.05, 0.1) is 13.2 Å². The van der Waals surface area contributed by atoms with E-state index in [1.165, 1.54) is 12.1 Å². The zero-order valence-electron chi connectivity index (χ0n) is 10.8. The van der Waals surface area contributed by atoms with Crippen molar-refractivity contribution in [3.63, 3.8) is 0 Å². The number of halogens is 2. The Bertz CT molecular complexity index is 513. The lowest BCUT2D eigenvalue weighted by Gasteiger charge is -2.28. The Morgan fingerprint density at radius 3 is 2.84 bits per heavy atom. The summed E-state index contributed by atoms with van der Waals surface area (Å²) in [6, 6.07) is 4.48. The average molecular weight is 328 g/mol. The van der Waals surface area contributed by atoms with Crippen LogP contribution in [-0.2, 0) is 15.1 Å². The fraction of sp³-hybridized carbons (Fsp3) is 0.357. The molecule has 0 radical (unpaired) electrons. The standard InChI is InChI=1S/C14H15BrFNO2/c1-4-8-17-14(3,13(18)19-5-2)11-7-6-10(15)9-12(11)16/h1,6-7,9,17H,5,8H2,2-3H3. The van der Waals surface area contributed by atoms with Gasteiger partial charge in [0.15, 0.2) is 0 Å². The third kappa shape index (κ3) is 3.55. The van der Waals surface area contributed by atoms with Crippen molar-refractivity contribution in [2.45, 2.75) is 19.4 Å². The summed E-state index contributed by atoms with van der Waals surface area (Å²) < 4.78 is 19.6. The van der Waals surface area contributed by atoms with Crippen LogP contribution in [0.2, 0.25) is 0 Å². The maximum Gasteiger partial charge on any atom is 0.330 e.